The van der Waals surface area contributed by atoms with E-state index in [-0.39, 0.29) is 0 Å². The number of allylic oxidation sites excluding steroid dienone is 2. The van der Waals surface area contributed by atoms with Gasteiger partial charge in [0.1, 0.15) is 8.80 Å². The Morgan fingerprint density at radius 1 is 1.10 bits per heavy atom. The van der Waals surface area contributed by atoms with Crippen LogP contribution in [0.15, 0.2) is 21.1 Å². The van der Waals surface area contributed by atoms with Crippen molar-refractivity contribution in [3.8, 4) is 0 Å². The van der Waals surface area contributed by atoms with Crippen molar-refractivity contribution in [1.82, 2.24) is 0 Å². The molecule has 2 aliphatic rings. The lowest BCUT2D eigenvalue weighted by molar-refractivity contribution is -0.781. The van der Waals surface area contributed by atoms with Gasteiger partial charge >= 0.3 is 0 Å². The van der Waals surface area contributed by atoms with E-state index >= 15 is 0 Å². The molecule has 0 fully saturated rings. The van der Waals surface area contributed by atoms with Crippen LogP contribution in [0.5, 0.6) is 0 Å². The second kappa shape index (κ2) is 5.24. The molecular formula is C17H35BNSi2. The molecule has 0 spiro atoms. The summed E-state index contributed by atoms with van der Waals surface area (Å²) in [6, 6.07) is 0. The van der Waals surface area contributed by atoms with Crippen LogP contribution in [0.25, 0.3) is 0 Å². The third kappa shape index (κ3) is 2.21. The van der Waals surface area contributed by atoms with Crippen LogP contribution in [-0.4, -0.2) is 48.2 Å². The third-order valence-electron chi connectivity index (χ3n) is 6.67. The van der Waals surface area contributed by atoms with Gasteiger partial charge in [-0.2, -0.15) is 0 Å². The number of quaternary nitrogens is 1. The minimum atomic E-state index is -1.19. The molecule has 0 amide bonds. The van der Waals surface area contributed by atoms with Crippen molar-refractivity contribution >= 4 is 23.2 Å². The number of hydrogen-bond donors (Lipinski definition) is 0. The van der Waals surface area contributed by atoms with E-state index in [1.165, 1.54) is 30.0 Å². The summed E-state index contributed by atoms with van der Waals surface area (Å²) < 4.78 is 1.25. The summed E-state index contributed by atoms with van der Waals surface area (Å²) in [4.78, 5) is 1.98. The largest absolute Gasteiger partial charge is 0.513 e. The molecule has 119 valence electrons. The molecule has 2 aliphatic heterocycles. The van der Waals surface area contributed by atoms with E-state index in [0.29, 0.717) is 0 Å². The molecule has 21 heavy (non-hydrogen) atoms. The first kappa shape index (κ1) is 17.3. The molecule has 4 heteroatoms. The number of nitrogens with zero attached hydrogens (tertiary/aromatic N) is 1. The average molecular weight is 320 g/mol. The van der Waals surface area contributed by atoms with Gasteiger partial charge in [0.2, 0.25) is 6.28 Å². The Labute approximate surface area is 135 Å². The van der Waals surface area contributed by atoms with E-state index in [9.17, 15) is 0 Å². The minimum absolute atomic E-state index is 0.409. The molecule has 0 aromatic rings. The maximum Gasteiger partial charge on any atom is 0.236 e. The monoisotopic (exact) mass is 320 g/mol. The highest BCUT2D eigenvalue weighted by Crippen LogP contribution is 2.51. The van der Waals surface area contributed by atoms with Crippen LogP contribution in [0.2, 0.25) is 38.8 Å². The molecule has 0 N–H and O–H groups in total. The average Bonchev–Trinajstić information content (AvgIpc) is 2.77. The lowest BCUT2D eigenvalue weighted by Gasteiger charge is -2.53. The third-order valence-corrected chi connectivity index (χ3v) is 14.2. The molecule has 0 aromatic carbocycles. The number of rotatable bonds is 4. The van der Waals surface area contributed by atoms with Crippen molar-refractivity contribution in [2.24, 2.45) is 0 Å². The van der Waals surface area contributed by atoms with Gasteiger partial charge in [-0.1, -0.05) is 62.5 Å². The van der Waals surface area contributed by atoms with E-state index in [1.807, 2.05) is 21.1 Å². The Balaban J connectivity index is 2.69. The Morgan fingerprint density at radius 2 is 1.62 bits per heavy atom. The molecule has 0 saturated carbocycles. The molecule has 0 aliphatic carbocycles. The zero-order chi connectivity index (χ0) is 16.2. The van der Waals surface area contributed by atoms with Crippen LogP contribution in [0.4, 0.5) is 0 Å². The first-order chi connectivity index (χ1) is 9.57. The summed E-state index contributed by atoms with van der Waals surface area (Å²) in [5.74, 6) is 0. The Hall–Kier alpha value is -0.0613. The summed E-state index contributed by atoms with van der Waals surface area (Å²) in [5, 5.41) is 1.92. The van der Waals surface area contributed by atoms with Gasteiger partial charge in [-0.25, -0.2) is 0 Å². The van der Waals surface area contributed by atoms with Crippen LogP contribution in [0.1, 0.15) is 27.2 Å². The van der Waals surface area contributed by atoms with Crippen molar-refractivity contribution < 1.29 is 4.39 Å². The molecule has 1 nitrogen and oxygen atoms in total. The Bertz CT molecular complexity index is 507. The molecule has 2 rings (SSSR count). The highest BCUT2D eigenvalue weighted by atomic mass is 28.4. The Kier molecular flexibility index (Phi) is 4.32. The molecule has 0 saturated heterocycles. The van der Waals surface area contributed by atoms with E-state index in [2.05, 4.69) is 61.1 Å². The second-order valence-electron chi connectivity index (χ2n) is 8.92. The van der Waals surface area contributed by atoms with Gasteiger partial charge < -0.3 is 4.39 Å². The van der Waals surface area contributed by atoms with E-state index in [4.69, 9.17) is 0 Å². The van der Waals surface area contributed by atoms with E-state index < -0.39 is 23.2 Å². The quantitative estimate of drug-likeness (QED) is 0.659. The second-order valence-corrected chi connectivity index (χ2v) is 16.8. The fraction of sp³-hybridized carbons (Fsp3) is 0.765. The van der Waals surface area contributed by atoms with Gasteiger partial charge in [0.15, 0.2) is 0 Å². The fourth-order valence-corrected chi connectivity index (χ4v) is 14.5. The summed E-state index contributed by atoms with van der Waals surface area (Å²) >= 11 is 0. The van der Waals surface area contributed by atoms with Crippen molar-refractivity contribution in [2.75, 3.05) is 20.6 Å². The molecular weight excluding hydrogens is 285 g/mol. The molecule has 0 bridgehead atoms. The van der Waals surface area contributed by atoms with Gasteiger partial charge in [-0.3, -0.25) is 0 Å². The van der Waals surface area contributed by atoms with Crippen LogP contribution in [-0.2, 0) is 0 Å². The zero-order valence-corrected chi connectivity index (χ0v) is 17.9. The predicted molar refractivity (Wildman–Crippen MR) is 103 cm³/mol. The van der Waals surface area contributed by atoms with Crippen LogP contribution in [0.3, 0.4) is 0 Å². The Morgan fingerprint density at radius 3 is 2.00 bits per heavy atom. The molecule has 0 unspecified atom stereocenters. The molecule has 0 aromatic heterocycles. The molecule has 1 radical (unpaired) electrons. The predicted octanol–water partition coefficient (Wildman–Crippen LogP) is 4.70. The van der Waals surface area contributed by atoms with Crippen molar-refractivity contribution in [2.45, 2.75) is 66.0 Å². The first-order valence-corrected chi connectivity index (χ1v) is 14.4. The molecule has 0 atom stereocenters. The lowest BCUT2D eigenvalue weighted by atomic mass is 9.25. The highest BCUT2D eigenvalue weighted by Gasteiger charge is 2.54. The zero-order valence-electron chi connectivity index (χ0n) is 15.9. The first-order valence-electron chi connectivity index (χ1n) is 8.90. The SMILES string of the molecule is CCC1=C([Si](C)(C)C)[Si](C)C2=C1[B-](CC)(CC)[N+](C)(C)C2. The number of hydrogen-bond acceptors (Lipinski definition) is 0. The topological polar surface area (TPSA) is 0 Å². The smallest absolute Gasteiger partial charge is 0.236 e. The van der Waals surface area contributed by atoms with Gasteiger partial charge in [0.05, 0.1) is 14.6 Å². The summed E-state index contributed by atoms with van der Waals surface area (Å²) in [6.45, 7) is 18.9. The van der Waals surface area contributed by atoms with Gasteiger partial charge in [0, 0.05) is 14.1 Å². The van der Waals surface area contributed by atoms with Crippen LogP contribution < -0.4 is 0 Å². The van der Waals surface area contributed by atoms with Crippen molar-refractivity contribution in [3.63, 3.8) is 0 Å². The highest BCUT2D eigenvalue weighted by molar-refractivity contribution is 7.02. The summed E-state index contributed by atoms with van der Waals surface area (Å²) in [6.07, 6.45) is 3.55. The summed E-state index contributed by atoms with van der Waals surface area (Å²) in [5.41, 5.74) is 3.74. The van der Waals surface area contributed by atoms with Crippen LogP contribution in [0, 0.1) is 0 Å². The maximum absolute atomic E-state index is 2.60. The van der Waals surface area contributed by atoms with Crippen molar-refractivity contribution in [3.05, 3.63) is 21.1 Å². The molecule has 2 heterocycles. The maximum atomic E-state index is 2.60. The van der Waals surface area contributed by atoms with E-state index in [0.717, 1.165) is 0 Å². The minimum Gasteiger partial charge on any atom is -0.513 e. The van der Waals surface area contributed by atoms with E-state index in [1.54, 1.807) is 0 Å². The van der Waals surface area contributed by atoms with Gasteiger partial charge in [0.25, 0.3) is 0 Å². The van der Waals surface area contributed by atoms with Gasteiger partial charge in [-0.15, -0.1) is 18.1 Å². The van der Waals surface area contributed by atoms with Crippen LogP contribution >= 0.6 is 0 Å². The lowest BCUT2D eigenvalue weighted by Crippen LogP contribution is -2.61. The van der Waals surface area contributed by atoms with Gasteiger partial charge in [-0.05, 0) is 6.42 Å². The van der Waals surface area contributed by atoms with Crippen molar-refractivity contribution in [1.29, 1.82) is 0 Å². The standard InChI is InChI=1S/C17H35BNSi2/c1-10-14-16-15(20(6)17(14)21(7,8)9)13-19(4,5)18(16,11-2)12-3/h10-13H2,1-9H3. The fourth-order valence-electron chi connectivity index (χ4n) is 5.75. The number of likely N-dealkylation sites (N-methyl/N-ethyl adjacent to an activating group) is 1. The summed E-state index contributed by atoms with van der Waals surface area (Å²) in [7, 11) is 3.39. The normalized spacial score (nSPS) is 25.0.